The van der Waals surface area contributed by atoms with Gasteiger partial charge in [0.2, 0.25) is 5.89 Å². The van der Waals surface area contributed by atoms with Crippen LogP contribution in [-0.2, 0) is 5.41 Å². The maximum Gasteiger partial charge on any atom is 0.234 e. The zero-order chi connectivity index (χ0) is 13.5. The molecule has 4 unspecified atom stereocenters. The van der Waals surface area contributed by atoms with Crippen LogP contribution in [0.1, 0.15) is 76.4 Å². The number of aromatic nitrogens is 2. The smallest absolute Gasteiger partial charge is 0.234 e. The lowest BCUT2D eigenvalue weighted by Crippen LogP contribution is -2.45. The fourth-order valence-corrected chi connectivity index (χ4v) is 3.70. The topological polar surface area (TPSA) is 64.9 Å². The molecule has 0 aromatic carbocycles. The SMILES string of the molecule is CC1CCC(c2noc(C3(C)CCCCC3N)n2)C1. The van der Waals surface area contributed by atoms with Crippen molar-refractivity contribution in [2.75, 3.05) is 0 Å². The molecule has 2 aliphatic rings. The molecule has 2 fully saturated rings. The van der Waals surface area contributed by atoms with Crippen molar-refractivity contribution in [3.8, 4) is 0 Å². The summed E-state index contributed by atoms with van der Waals surface area (Å²) in [6.07, 6.45) is 8.24. The van der Waals surface area contributed by atoms with Crippen LogP contribution in [-0.4, -0.2) is 16.2 Å². The van der Waals surface area contributed by atoms with Crippen LogP contribution < -0.4 is 5.73 Å². The summed E-state index contributed by atoms with van der Waals surface area (Å²) in [5, 5.41) is 4.25. The van der Waals surface area contributed by atoms with Gasteiger partial charge in [0, 0.05) is 12.0 Å². The Balaban J connectivity index is 1.80. The lowest BCUT2D eigenvalue weighted by Gasteiger charge is -2.35. The van der Waals surface area contributed by atoms with Gasteiger partial charge in [-0.1, -0.05) is 24.9 Å². The third-order valence-electron chi connectivity index (χ3n) is 5.27. The molecule has 4 atom stereocenters. The molecular weight excluding hydrogens is 238 g/mol. The third kappa shape index (κ3) is 2.31. The van der Waals surface area contributed by atoms with Gasteiger partial charge in [0.15, 0.2) is 5.82 Å². The van der Waals surface area contributed by atoms with E-state index in [0.717, 1.165) is 30.5 Å². The van der Waals surface area contributed by atoms with Gasteiger partial charge < -0.3 is 10.3 Å². The highest BCUT2D eigenvalue weighted by Gasteiger charge is 2.41. The van der Waals surface area contributed by atoms with Gasteiger partial charge >= 0.3 is 0 Å². The molecule has 0 aliphatic heterocycles. The van der Waals surface area contributed by atoms with Gasteiger partial charge in [-0.2, -0.15) is 4.98 Å². The van der Waals surface area contributed by atoms with Crippen molar-refractivity contribution in [2.24, 2.45) is 11.7 Å². The van der Waals surface area contributed by atoms with E-state index >= 15 is 0 Å². The van der Waals surface area contributed by atoms with E-state index in [4.69, 9.17) is 15.2 Å². The first kappa shape index (κ1) is 13.1. The molecule has 4 heteroatoms. The Morgan fingerprint density at radius 1 is 1.26 bits per heavy atom. The molecule has 1 aromatic rings. The molecule has 2 saturated carbocycles. The summed E-state index contributed by atoms with van der Waals surface area (Å²) in [7, 11) is 0. The van der Waals surface area contributed by atoms with Crippen LogP contribution in [0.2, 0.25) is 0 Å². The van der Waals surface area contributed by atoms with Crippen LogP contribution in [0.3, 0.4) is 0 Å². The molecule has 2 aliphatic carbocycles. The zero-order valence-corrected chi connectivity index (χ0v) is 12.1. The number of hydrogen-bond acceptors (Lipinski definition) is 4. The van der Waals surface area contributed by atoms with E-state index in [2.05, 4.69) is 19.0 Å². The highest BCUT2D eigenvalue weighted by atomic mass is 16.5. The fourth-order valence-electron chi connectivity index (χ4n) is 3.70. The summed E-state index contributed by atoms with van der Waals surface area (Å²) in [5.41, 5.74) is 6.18. The Hall–Kier alpha value is -0.900. The van der Waals surface area contributed by atoms with E-state index < -0.39 is 0 Å². The summed E-state index contributed by atoms with van der Waals surface area (Å²) in [6.45, 7) is 4.49. The van der Waals surface area contributed by atoms with Crippen LogP contribution in [0, 0.1) is 5.92 Å². The van der Waals surface area contributed by atoms with Crippen LogP contribution in [0.15, 0.2) is 4.52 Å². The van der Waals surface area contributed by atoms with Crippen LogP contribution in [0.4, 0.5) is 0 Å². The van der Waals surface area contributed by atoms with Crippen molar-refractivity contribution in [2.45, 2.75) is 76.2 Å². The highest BCUT2D eigenvalue weighted by molar-refractivity contribution is 5.12. The lowest BCUT2D eigenvalue weighted by molar-refractivity contribution is 0.202. The van der Waals surface area contributed by atoms with Crippen molar-refractivity contribution in [1.29, 1.82) is 0 Å². The fraction of sp³-hybridized carbons (Fsp3) is 0.867. The summed E-state index contributed by atoms with van der Waals surface area (Å²) in [6, 6.07) is 0.150. The number of nitrogens with zero attached hydrogens (tertiary/aromatic N) is 2. The molecule has 4 nitrogen and oxygen atoms in total. The quantitative estimate of drug-likeness (QED) is 0.890. The van der Waals surface area contributed by atoms with Crippen LogP contribution in [0.25, 0.3) is 0 Å². The number of rotatable bonds is 2. The van der Waals surface area contributed by atoms with Crippen molar-refractivity contribution in [1.82, 2.24) is 10.1 Å². The summed E-state index contributed by atoms with van der Waals surface area (Å²) >= 11 is 0. The standard InChI is InChI=1S/C15H25N3O/c1-10-6-7-11(9-10)13-17-14(19-18-13)15(2)8-4-3-5-12(15)16/h10-12H,3-9,16H2,1-2H3. The van der Waals surface area contributed by atoms with Crippen molar-refractivity contribution in [3.63, 3.8) is 0 Å². The van der Waals surface area contributed by atoms with E-state index in [9.17, 15) is 0 Å². The van der Waals surface area contributed by atoms with Gasteiger partial charge in [0.1, 0.15) is 0 Å². The molecule has 3 rings (SSSR count). The zero-order valence-electron chi connectivity index (χ0n) is 12.1. The van der Waals surface area contributed by atoms with Crippen molar-refractivity contribution in [3.05, 3.63) is 11.7 Å². The van der Waals surface area contributed by atoms with E-state index in [1.54, 1.807) is 0 Å². The molecular formula is C15H25N3O. The van der Waals surface area contributed by atoms with Crippen molar-refractivity contribution < 1.29 is 4.52 Å². The molecule has 0 radical (unpaired) electrons. The Morgan fingerprint density at radius 3 is 2.79 bits per heavy atom. The molecule has 19 heavy (non-hydrogen) atoms. The van der Waals surface area contributed by atoms with Gasteiger partial charge in [0.05, 0.1) is 5.41 Å². The molecule has 2 N–H and O–H groups in total. The molecule has 0 bridgehead atoms. The van der Waals surface area contributed by atoms with Gasteiger partial charge in [0.25, 0.3) is 0 Å². The second kappa shape index (κ2) is 4.89. The molecule has 0 saturated heterocycles. The van der Waals surface area contributed by atoms with Gasteiger partial charge in [-0.05, 0) is 44.9 Å². The number of hydrogen-bond donors (Lipinski definition) is 1. The Labute approximate surface area is 115 Å². The monoisotopic (exact) mass is 263 g/mol. The van der Waals surface area contributed by atoms with Gasteiger partial charge in [-0.15, -0.1) is 0 Å². The first-order valence-corrected chi connectivity index (χ1v) is 7.69. The predicted molar refractivity (Wildman–Crippen MR) is 73.8 cm³/mol. The van der Waals surface area contributed by atoms with Gasteiger partial charge in [-0.25, -0.2) is 0 Å². The second-order valence-electron chi connectivity index (χ2n) is 6.84. The maximum absolute atomic E-state index is 6.30. The Kier molecular flexibility index (Phi) is 3.37. The average Bonchev–Trinajstić information content (AvgIpc) is 3.01. The minimum absolute atomic E-state index is 0.117. The van der Waals surface area contributed by atoms with Gasteiger partial charge in [-0.3, -0.25) is 0 Å². The van der Waals surface area contributed by atoms with Crippen LogP contribution >= 0.6 is 0 Å². The largest absolute Gasteiger partial charge is 0.339 e. The van der Waals surface area contributed by atoms with E-state index in [0.29, 0.717) is 5.92 Å². The lowest BCUT2D eigenvalue weighted by atomic mass is 9.72. The third-order valence-corrected chi connectivity index (χ3v) is 5.27. The number of nitrogens with two attached hydrogens (primary N) is 1. The normalized spacial score (nSPS) is 39.6. The summed E-state index contributed by atoms with van der Waals surface area (Å²) in [4.78, 5) is 4.71. The predicted octanol–water partition coefficient (Wildman–Crippen LogP) is 3.13. The van der Waals surface area contributed by atoms with E-state index in [1.165, 1.54) is 32.1 Å². The first-order chi connectivity index (χ1) is 9.09. The molecule has 0 amide bonds. The van der Waals surface area contributed by atoms with Crippen LogP contribution in [0.5, 0.6) is 0 Å². The second-order valence-corrected chi connectivity index (χ2v) is 6.84. The highest BCUT2D eigenvalue weighted by Crippen LogP contribution is 2.40. The van der Waals surface area contributed by atoms with E-state index in [1.807, 2.05) is 0 Å². The molecule has 106 valence electrons. The summed E-state index contributed by atoms with van der Waals surface area (Å²) in [5.74, 6) is 2.97. The minimum atomic E-state index is -0.117. The first-order valence-electron chi connectivity index (χ1n) is 7.69. The maximum atomic E-state index is 6.30. The Morgan fingerprint density at radius 2 is 2.11 bits per heavy atom. The molecule has 1 aromatic heterocycles. The average molecular weight is 263 g/mol. The van der Waals surface area contributed by atoms with E-state index in [-0.39, 0.29) is 11.5 Å². The van der Waals surface area contributed by atoms with Crippen molar-refractivity contribution >= 4 is 0 Å². The summed E-state index contributed by atoms with van der Waals surface area (Å²) < 4.78 is 5.58. The minimum Gasteiger partial charge on any atom is -0.339 e. The molecule has 1 heterocycles. The Bertz CT molecular complexity index is 444. The molecule has 0 spiro atoms.